The van der Waals surface area contributed by atoms with Gasteiger partial charge in [-0.3, -0.25) is 0 Å². The number of nitriles is 1. The Morgan fingerprint density at radius 2 is 2.11 bits per heavy atom. The molecule has 0 bridgehead atoms. The van der Waals surface area contributed by atoms with Gasteiger partial charge in [-0.2, -0.15) is 5.26 Å². The highest BCUT2D eigenvalue weighted by Gasteiger charge is 2.45. The topological polar surface area (TPSA) is 56.0 Å². The first-order valence-corrected chi connectivity index (χ1v) is 6.54. The van der Waals surface area contributed by atoms with Crippen LogP contribution in [0.1, 0.15) is 31.7 Å². The van der Waals surface area contributed by atoms with Gasteiger partial charge in [0, 0.05) is 6.04 Å². The van der Waals surface area contributed by atoms with Gasteiger partial charge in [-0.05, 0) is 38.3 Å². The van der Waals surface area contributed by atoms with Gasteiger partial charge in [-0.15, -0.1) is 0 Å². The summed E-state index contributed by atoms with van der Waals surface area (Å²) in [6, 6.07) is 12.9. The molecule has 18 heavy (non-hydrogen) atoms. The third-order valence-corrected chi connectivity index (χ3v) is 3.73. The van der Waals surface area contributed by atoms with Gasteiger partial charge in [0.05, 0.1) is 17.6 Å². The van der Waals surface area contributed by atoms with Crippen LogP contribution >= 0.6 is 0 Å². The number of aliphatic hydroxyl groups is 1. The zero-order valence-electron chi connectivity index (χ0n) is 10.8. The zero-order chi connectivity index (χ0) is 13.0. The van der Waals surface area contributed by atoms with Crippen LogP contribution in [0, 0.1) is 11.3 Å². The monoisotopic (exact) mass is 244 g/mol. The Bertz CT molecular complexity index is 416. The Kier molecular flexibility index (Phi) is 4.00. The van der Waals surface area contributed by atoms with E-state index in [0.717, 1.165) is 31.4 Å². The third-order valence-electron chi connectivity index (χ3n) is 3.73. The molecule has 0 aromatic heterocycles. The van der Waals surface area contributed by atoms with Gasteiger partial charge in [0.2, 0.25) is 0 Å². The maximum Gasteiger partial charge on any atom is 0.0852 e. The molecular weight excluding hydrogens is 224 g/mol. The van der Waals surface area contributed by atoms with E-state index in [0.29, 0.717) is 6.04 Å². The molecular formula is C15H20N2O. The van der Waals surface area contributed by atoms with E-state index >= 15 is 0 Å². The van der Waals surface area contributed by atoms with Crippen molar-refractivity contribution in [3.05, 3.63) is 35.9 Å². The first-order valence-electron chi connectivity index (χ1n) is 6.54. The van der Waals surface area contributed by atoms with E-state index in [-0.39, 0.29) is 11.5 Å². The van der Waals surface area contributed by atoms with Crippen LogP contribution < -0.4 is 5.32 Å². The van der Waals surface area contributed by atoms with Gasteiger partial charge in [0.25, 0.3) is 0 Å². The van der Waals surface area contributed by atoms with Crippen molar-refractivity contribution in [1.82, 2.24) is 5.32 Å². The van der Waals surface area contributed by atoms with Crippen molar-refractivity contribution >= 4 is 0 Å². The van der Waals surface area contributed by atoms with Gasteiger partial charge in [-0.25, -0.2) is 0 Å². The van der Waals surface area contributed by atoms with Crippen LogP contribution in [-0.4, -0.2) is 23.8 Å². The highest BCUT2D eigenvalue weighted by Crippen LogP contribution is 2.43. The summed E-state index contributed by atoms with van der Waals surface area (Å²) in [7, 11) is 0. The minimum atomic E-state index is -0.302. The van der Waals surface area contributed by atoms with Crippen molar-refractivity contribution in [3.63, 3.8) is 0 Å². The highest BCUT2D eigenvalue weighted by molar-refractivity contribution is 5.36. The van der Waals surface area contributed by atoms with Crippen LogP contribution in [0.3, 0.4) is 0 Å². The summed E-state index contributed by atoms with van der Waals surface area (Å²) in [4.78, 5) is 0. The molecule has 1 unspecified atom stereocenters. The number of benzene rings is 1. The van der Waals surface area contributed by atoms with Crippen molar-refractivity contribution < 1.29 is 5.11 Å². The molecule has 2 N–H and O–H groups in total. The second kappa shape index (κ2) is 5.51. The summed E-state index contributed by atoms with van der Waals surface area (Å²) in [6.45, 7) is 2.62. The normalized spacial score (nSPS) is 28.2. The number of rotatable bonds is 5. The molecule has 1 aliphatic carbocycles. The van der Waals surface area contributed by atoms with E-state index in [1.807, 2.05) is 30.3 Å². The van der Waals surface area contributed by atoms with Gasteiger partial charge in [0.15, 0.2) is 0 Å². The second-order valence-corrected chi connectivity index (χ2v) is 5.26. The molecule has 0 radical (unpaired) electrons. The smallest absolute Gasteiger partial charge is 0.0852 e. The first kappa shape index (κ1) is 13.1. The third kappa shape index (κ3) is 2.72. The number of nitrogens with one attached hydrogen (secondary N) is 1. The van der Waals surface area contributed by atoms with Crippen molar-refractivity contribution in [2.45, 2.75) is 43.7 Å². The highest BCUT2D eigenvalue weighted by atomic mass is 16.3. The molecule has 0 spiro atoms. The van der Waals surface area contributed by atoms with E-state index in [1.54, 1.807) is 6.92 Å². The molecule has 1 saturated carbocycles. The van der Waals surface area contributed by atoms with E-state index in [2.05, 4.69) is 11.4 Å². The van der Waals surface area contributed by atoms with Gasteiger partial charge in [-0.1, -0.05) is 30.3 Å². The molecule has 3 heteroatoms. The van der Waals surface area contributed by atoms with Crippen LogP contribution in [0.15, 0.2) is 30.3 Å². The molecule has 2 rings (SSSR count). The lowest BCUT2D eigenvalue weighted by Gasteiger charge is -2.43. The summed E-state index contributed by atoms with van der Waals surface area (Å²) < 4.78 is 0. The molecule has 1 atom stereocenters. The van der Waals surface area contributed by atoms with Crippen LogP contribution in [0.4, 0.5) is 0 Å². The quantitative estimate of drug-likeness (QED) is 0.832. The average molecular weight is 244 g/mol. The summed E-state index contributed by atoms with van der Waals surface area (Å²) in [6.07, 6.45) is 2.25. The number of nitrogens with zero attached hydrogens (tertiary/aromatic N) is 1. The average Bonchev–Trinajstić information content (AvgIpc) is 2.33. The van der Waals surface area contributed by atoms with Crippen LogP contribution in [0.5, 0.6) is 0 Å². The molecule has 1 aliphatic rings. The molecule has 3 nitrogen and oxygen atoms in total. The molecule has 1 aromatic rings. The Labute approximate surface area is 108 Å². The lowest BCUT2D eigenvalue weighted by Crippen LogP contribution is -2.51. The molecule has 1 fully saturated rings. The number of hydrogen-bond acceptors (Lipinski definition) is 3. The van der Waals surface area contributed by atoms with Gasteiger partial charge < -0.3 is 10.4 Å². The lowest BCUT2D eigenvalue weighted by atomic mass is 9.62. The first-order chi connectivity index (χ1) is 8.66. The number of hydrogen-bond donors (Lipinski definition) is 2. The van der Waals surface area contributed by atoms with Crippen LogP contribution in [0.2, 0.25) is 0 Å². The Hall–Kier alpha value is -1.37. The molecule has 0 heterocycles. The minimum Gasteiger partial charge on any atom is -0.393 e. The van der Waals surface area contributed by atoms with E-state index in [1.165, 1.54) is 0 Å². The maximum atomic E-state index is 9.40. The SMILES string of the molecule is CC(O)CCNC1CC(C#N)(c2ccccc2)C1. The Balaban J connectivity index is 1.87. The Morgan fingerprint density at radius 1 is 1.44 bits per heavy atom. The molecule has 0 amide bonds. The zero-order valence-corrected chi connectivity index (χ0v) is 10.8. The second-order valence-electron chi connectivity index (χ2n) is 5.26. The van der Waals surface area contributed by atoms with E-state index in [4.69, 9.17) is 0 Å². The largest absolute Gasteiger partial charge is 0.393 e. The molecule has 1 aromatic carbocycles. The summed E-state index contributed by atoms with van der Waals surface area (Å²) in [5.74, 6) is 0. The predicted molar refractivity (Wildman–Crippen MR) is 71.1 cm³/mol. The molecule has 96 valence electrons. The van der Waals surface area contributed by atoms with Crippen molar-refractivity contribution in [3.8, 4) is 6.07 Å². The summed E-state index contributed by atoms with van der Waals surface area (Å²) in [5, 5.41) is 22.0. The summed E-state index contributed by atoms with van der Waals surface area (Å²) >= 11 is 0. The maximum absolute atomic E-state index is 9.40. The standard InChI is InChI=1S/C15H20N2O/c1-12(18)7-8-17-14-9-15(10-14,11-16)13-5-3-2-4-6-13/h2-6,12,14,17-18H,7-10H2,1H3. The van der Waals surface area contributed by atoms with E-state index < -0.39 is 0 Å². The van der Waals surface area contributed by atoms with E-state index in [9.17, 15) is 10.4 Å². The van der Waals surface area contributed by atoms with Crippen molar-refractivity contribution in [2.75, 3.05) is 6.54 Å². The fraction of sp³-hybridized carbons (Fsp3) is 0.533. The van der Waals surface area contributed by atoms with Gasteiger partial charge in [0.1, 0.15) is 0 Å². The van der Waals surface area contributed by atoms with Crippen LogP contribution in [0.25, 0.3) is 0 Å². The Morgan fingerprint density at radius 3 is 2.67 bits per heavy atom. The number of aliphatic hydroxyl groups excluding tert-OH is 1. The fourth-order valence-electron chi connectivity index (χ4n) is 2.57. The summed E-state index contributed by atoms with van der Waals surface area (Å²) in [5.41, 5.74) is 0.824. The van der Waals surface area contributed by atoms with Crippen molar-refractivity contribution in [1.29, 1.82) is 5.26 Å². The molecule has 0 saturated heterocycles. The predicted octanol–water partition coefficient (Wildman–Crippen LogP) is 1.97. The fourth-order valence-corrected chi connectivity index (χ4v) is 2.57. The van der Waals surface area contributed by atoms with Crippen molar-refractivity contribution in [2.24, 2.45) is 0 Å². The van der Waals surface area contributed by atoms with Gasteiger partial charge >= 0.3 is 0 Å². The minimum absolute atomic E-state index is 0.257. The molecule has 0 aliphatic heterocycles. The van der Waals surface area contributed by atoms with Crippen LogP contribution in [-0.2, 0) is 5.41 Å². The lowest BCUT2D eigenvalue weighted by molar-refractivity contribution is 0.171.